The van der Waals surface area contributed by atoms with Gasteiger partial charge in [-0.05, 0) is 63.2 Å². The number of carboxylic acids is 1. The van der Waals surface area contributed by atoms with Gasteiger partial charge in [0.05, 0.1) is 11.2 Å². The fourth-order valence-electron chi connectivity index (χ4n) is 5.10. The van der Waals surface area contributed by atoms with Crippen LogP contribution in [0.25, 0.3) is 0 Å². The number of carboxylic acid groups (broad SMARTS) is 1. The summed E-state index contributed by atoms with van der Waals surface area (Å²) in [6.45, 7) is 1.74. The third-order valence-corrected chi connectivity index (χ3v) is 5.41. The van der Waals surface area contributed by atoms with E-state index >= 15 is 0 Å². The topological polar surface area (TPSA) is 68.0 Å². The molecule has 19 heavy (non-hydrogen) atoms. The molecule has 0 spiro atoms. The molecule has 0 amide bonds. The van der Waals surface area contributed by atoms with Crippen molar-refractivity contribution in [3.05, 3.63) is 11.4 Å². The molecule has 4 fully saturated rings. The van der Waals surface area contributed by atoms with Crippen LogP contribution >= 0.6 is 0 Å². The highest BCUT2D eigenvalue weighted by Crippen LogP contribution is 2.58. The van der Waals surface area contributed by atoms with Gasteiger partial charge in [0.25, 0.3) is 0 Å². The van der Waals surface area contributed by atoms with Gasteiger partial charge >= 0.3 is 5.97 Å². The van der Waals surface area contributed by atoms with Crippen molar-refractivity contribution in [1.82, 2.24) is 15.0 Å². The first-order valence-corrected chi connectivity index (χ1v) is 7.23. The smallest absolute Gasteiger partial charge is 0.358 e. The number of nitrogens with zero attached hydrogens (tertiary/aromatic N) is 3. The van der Waals surface area contributed by atoms with Crippen LogP contribution in [0.5, 0.6) is 0 Å². The van der Waals surface area contributed by atoms with Crippen molar-refractivity contribution >= 4 is 5.97 Å². The zero-order chi connectivity index (χ0) is 13.2. The third-order valence-electron chi connectivity index (χ3n) is 5.41. The summed E-state index contributed by atoms with van der Waals surface area (Å²) in [5, 5.41) is 17.9. The van der Waals surface area contributed by atoms with Crippen LogP contribution in [0.15, 0.2) is 0 Å². The molecule has 0 atom stereocenters. The average Bonchev–Trinajstić information content (AvgIpc) is 2.70. The number of carbonyl (C=O) groups is 1. The van der Waals surface area contributed by atoms with Gasteiger partial charge in [-0.2, -0.15) is 9.90 Å². The second kappa shape index (κ2) is 3.58. The average molecular weight is 261 g/mol. The van der Waals surface area contributed by atoms with Crippen molar-refractivity contribution in [2.75, 3.05) is 0 Å². The van der Waals surface area contributed by atoms with Crippen LogP contribution in [-0.4, -0.2) is 26.1 Å². The Morgan fingerprint density at radius 1 is 1.16 bits per heavy atom. The van der Waals surface area contributed by atoms with Gasteiger partial charge in [-0.3, -0.25) is 0 Å². The lowest BCUT2D eigenvalue weighted by Gasteiger charge is -2.55. The predicted molar refractivity (Wildman–Crippen MR) is 67.9 cm³/mol. The molecule has 4 bridgehead atoms. The number of aromatic nitrogens is 3. The van der Waals surface area contributed by atoms with E-state index in [1.165, 1.54) is 19.3 Å². The second-order valence-electron chi connectivity index (χ2n) is 6.87. The Labute approximate surface area is 112 Å². The molecule has 5 nitrogen and oxygen atoms in total. The molecule has 4 aliphatic carbocycles. The predicted octanol–water partition coefficient (Wildman–Crippen LogP) is 2.21. The lowest BCUT2D eigenvalue weighted by atomic mass is 9.53. The summed E-state index contributed by atoms with van der Waals surface area (Å²) < 4.78 is 0. The van der Waals surface area contributed by atoms with Crippen LogP contribution in [0.1, 0.15) is 54.7 Å². The van der Waals surface area contributed by atoms with E-state index in [1.807, 2.05) is 0 Å². The van der Waals surface area contributed by atoms with Gasteiger partial charge in [0.2, 0.25) is 0 Å². The second-order valence-corrected chi connectivity index (χ2v) is 6.87. The molecule has 1 heterocycles. The van der Waals surface area contributed by atoms with Gasteiger partial charge in [-0.1, -0.05) is 0 Å². The summed E-state index contributed by atoms with van der Waals surface area (Å²) in [7, 11) is 0. The fraction of sp³-hybridized carbons (Fsp3) is 0.786. The molecular formula is C14H19N3O2. The molecule has 1 N–H and O–H groups in total. The van der Waals surface area contributed by atoms with Gasteiger partial charge in [0, 0.05) is 0 Å². The minimum atomic E-state index is -0.964. The van der Waals surface area contributed by atoms with E-state index in [1.54, 1.807) is 11.7 Å². The lowest BCUT2D eigenvalue weighted by molar-refractivity contribution is -0.0569. The molecule has 1 aromatic heterocycles. The summed E-state index contributed by atoms with van der Waals surface area (Å²) in [4.78, 5) is 12.9. The van der Waals surface area contributed by atoms with Crippen molar-refractivity contribution in [3.63, 3.8) is 0 Å². The van der Waals surface area contributed by atoms with E-state index in [9.17, 15) is 4.79 Å². The summed E-state index contributed by atoms with van der Waals surface area (Å²) in [5.41, 5.74) is 0.687. The van der Waals surface area contributed by atoms with Gasteiger partial charge in [-0.25, -0.2) is 4.79 Å². The minimum absolute atomic E-state index is 0.0210. The zero-order valence-corrected chi connectivity index (χ0v) is 11.2. The molecular weight excluding hydrogens is 242 g/mol. The quantitative estimate of drug-likeness (QED) is 0.886. The van der Waals surface area contributed by atoms with Crippen molar-refractivity contribution in [2.24, 2.45) is 17.8 Å². The Kier molecular flexibility index (Phi) is 2.16. The molecule has 5 rings (SSSR count). The van der Waals surface area contributed by atoms with Crippen LogP contribution in [0.3, 0.4) is 0 Å². The normalized spacial score (nSPS) is 39.7. The Morgan fingerprint density at radius 3 is 2.11 bits per heavy atom. The first-order chi connectivity index (χ1) is 9.06. The first kappa shape index (κ1) is 11.4. The van der Waals surface area contributed by atoms with E-state index in [4.69, 9.17) is 5.11 Å². The molecule has 5 heteroatoms. The first-order valence-electron chi connectivity index (χ1n) is 7.23. The summed E-state index contributed by atoms with van der Waals surface area (Å²) in [5.74, 6) is 1.47. The molecule has 0 radical (unpaired) electrons. The van der Waals surface area contributed by atoms with Crippen molar-refractivity contribution in [2.45, 2.75) is 51.0 Å². The molecule has 4 aliphatic rings. The standard InChI is InChI=1S/C14H19N3O2/c1-8-12(13(18)19)16-17(15-8)14-5-9-2-10(6-14)4-11(3-9)7-14/h9-11H,2-7H2,1H3,(H,18,19). The van der Waals surface area contributed by atoms with E-state index in [0.717, 1.165) is 37.0 Å². The minimum Gasteiger partial charge on any atom is -0.476 e. The molecule has 102 valence electrons. The highest BCUT2D eigenvalue weighted by molar-refractivity contribution is 5.86. The number of rotatable bonds is 2. The maximum Gasteiger partial charge on any atom is 0.358 e. The lowest BCUT2D eigenvalue weighted by Crippen LogP contribution is -2.52. The largest absolute Gasteiger partial charge is 0.476 e. The van der Waals surface area contributed by atoms with E-state index in [-0.39, 0.29) is 11.2 Å². The Morgan fingerprint density at radius 2 is 1.68 bits per heavy atom. The van der Waals surface area contributed by atoms with Gasteiger partial charge in [0.1, 0.15) is 0 Å². The number of aryl methyl sites for hydroxylation is 1. The van der Waals surface area contributed by atoms with Gasteiger partial charge < -0.3 is 5.11 Å². The Hall–Kier alpha value is -1.39. The number of hydrogen-bond acceptors (Lipinski definition) is 3. The van der Waals surface area contributed by atoms with Crippen LogP contribution in [0, 0.1) is 24.7 Å². The Balaban J connectivity index is 1.75. The van der Waals surface area contributed by atoms with E-state index < -0.39 is 5.97 Å². The van der Waals surface area contributed by atoms with Crippen LogP contribution < -0.4 is 0 Å². The number of aromatic carboxylic acids is 1. The third kappa shape index (κ3) is 1.56. The summed E-state index contributed by atoms with van der Waals surface area (Å²) in [6.07, 6.45) is 7.53. The Bertz CT molecular complexity index is 514. The maximum atomic E-state index is 11.1. The summed E-state index contributed by atoms with van der Waals surface area (Å²) in [6, 6.07) is 0. The molecule has 1 aromatic rings. The van der Waals surface area contributed by atoms with Crippen molar-refractivity contribution < 1.29 is 9.90 Å². The van der Waals surface area contributed by atoms with Crippen LogP contribution in [-0.2, 0) is 5.54 Å². The molecule has 0 aromatic carbocycles. The number of hydrogen-bond donors (Lipinski definition) is 1. The van der Waals surface area contributed by atoms with Crippen molar-refractivity contribution in [3.8, 4) is 0 Å². The van der Waals surface area contributed by atoms with E-state index in [0.29, 0.717) is 5.69 Å². The fourth-order valence-corrected chi connectivity index (χ4v) is 5.10. The van der Waals surface area contributed by atoms with E-state index in [2.05, 4.69) is 10.2 Å². The highest BCUT2D eigenvalue weighted by atomic mass is 16.4. The van der Waals surface area contributed by atoms with Crippen LogP contribution in [0.4, 0.5) is 0 Å². The zero-order valence-electron chi connectivity index (χ0n) is 11.2. The highest BCUT2D eigenvalue weighted by Gasteiger charge is 2.53. The molecule has 0 saturated heterocycles. The monoisotopic (exact) mass is 261 g/mol. The molecule has 0 unspecified atom stereocenters. The maximum absolute atomic E-state index is 11.1. The van der Waals surface area contributed by atoms with Gasteiger partial charge in [0.15, 0.2) is 5.69 Å². The van der Waals surface area contributed by atoms with Crippen molar-refractivity contribution in [1.29, 1.82) is 0 Å². The van der Waals surface area contributed by atoms with Crippen LogP contribution in [0.2, 0.25) is 0 Å². The summed E-state index contributed by atoms with van der Waals surface area (Å²) >= 11 is 0. The molecule has 0 aliphatic heterocycles. The van der Waals surface area contributed by atoms with Gasteiger partial charge in [-0.15, -0.1) is 5.10 Å². The molecule has 4 saturated carbocycles. The SMILES string of the molecule is Cc1nn(C23CC4CC(CC(C4)C2)C3)nc1C(=O)O.